The van der Waals surface area contributed by atoms with E-state index in [9.17, 15) is 14.0 Å². The number of carbonyl (C=O) groups is 2. The highest BCUT2D eigenvalue weighted by molar-refractivity contribution is 7.99. The van der Waals surface area contributed by atoms with Crippen molar-refractivity contribution in [1.82, 2.24) is 9.88 Å². The van der Waals surface area contributed by atoms with Gasteiger partial charge in [-0.2, -0.15) is 0 Å². The minimum atomic E-state index is -1.07. The van der Waals surface area contributed by atoms with E-state index in [4.69, 9.17) is 5.11 Å². The second-order valence-corrected chi connectivity index (χ2v) is 4.48. The summed E-state index contributed by atoms with van der Waals surface area (Å²) in [5.41, 5.74) is -0.145. The maximum atomic E-state index is 13.4. The number of carboxylic acid groups (broad SMARTS) is 1. The van der Waals surface area contributed by atoms with E-state index in [0.29, 0.717) is 5.75 Å². The highest BCUT2D eigenvalue weighted by atomic mass is 32.2. The minimum Gasteiger partial charge on any atom is -0.480 e. The Morgan fingerprint density at radius 3 is 3.00 bits per heavy atom. The van der Waals surface area contributed by atoms with Crippen LogP contribution in [0, 0.1) is 5.82 Å². The predicted octanol–water partition coefficient (Wildman–Crippen LogP) is 0.820. The number of hydrogen-bond acceptors (Lipinski definition) is 4. The fourth-order valence-corrected chi connectivity index (χ4v) is 2.70. The van der Waals surface area contributed by atoms with Crippen LogP contribution in [0.1, 0.15) is 10.4 Å². The van der Waals surface area contributed by atoms with Gasteiger partial charge in [-0.3, -0.25) is 9.78 Å². The molecule has 0 radical (unpaired) electrons. The maximum Gasteiger partial charge on any atom is 0.327 e. The molecule has 1 aromatic rings. The minimum absolute atomic E-state index is 0.145. The molecule has 0 bridgehead atoms. The number of aromatic nitrogens is 1. The van der Waals surface area contributed by atoms with E-state index in [1.54, 1.807) is 0 Å². The van der Waals surface area contributed by atoms with Crippen LogP contribution in [0.2, 0.25) is 0 Å². The average Bonchev–Trinajstić information content (AvgIpc) is 2.77. The molecule has 2 heterocycles. The molecule has 17 heavy (non-hydrogen) atoms. The first-order chi connectivity index (χ1) is 8.11. The van der Waals surface area contributed by atoms with E-state index < -0.39 is 23.7 Å². The van der Waals surface area contributed by atoms with E-state index in [1.165, 1.54) is 24.0 Å². The van der Waals surface area contributed by atoms with Crippen molar-refractivity contribution in [2.75, 3.05) is 11.6 Å². The molecule has 0 aliphatic carbocycles. The number of carbonyl (C=O) groups excluding carboxylic acids is 1. The number of thioether (sulfide) groups is 1. The lowest BCUT2D eigenvalue weighted by atomic mass is 10.2. The molecular formula is C10H9FN2O3S. The van der Waals surface area contributed by atoms with Crippen LogP contribution in [-0.2, 0) is 4.79 Å². The number of aliphatic carboxylic acids is 1. The Morgan fingerprint density at radius 1 is 1.59 bits per heavy atom. The first-order valence-electron chi connectivity index (χ1n) is 4.82. The molecule has 1 atom stereocenters. The van der Waals surface area contributed by atoms with Gasteiger partial charge in [-0.25, -0.2) is 9.18 Å². The van der Waals surface area contributed by atoms with Crippen molar-refractivity contribution in [2.45, 2.75) is 6.04 Å². The molecule has 2 rings (SSSR count). The number of amides is 1. The van der Waals surface area contributed by atoms with Crippen molar-refractivity contribution in [3.8, 4) is 0 Å². The SMILES string of the molecule is O=C(O)C1CSCN1C(=O)c1ccncc1F. The predicted molar refractivity (Wildman–Crippen MR) is 59.1 cm³/mol. The zero-order valence-electron chi connectivity index (χ0n) is 8.67. The smallest absolute Gasteiger partial charge is 0.327 e. The summed E-state index contributed by atoms with van der Waals surface area (Å²) in [4.78, 5) is 27.6. The molecule has 5 nitrogen and oxygen atoms in total. The van der Waals surface area contributed by atoms with Gasteiger partial charge >= 0.3 is 5.97 Å². The van der Waals surface area contributed by atoms with Gasteiger partial charge in [0.1, 0.15) is 6.04 Å². The number of carboxylic acids is 1. The molecule has 7 heteroatoms. The van der Waals surface area contributed by atoms with Gasteiger partial charge in [0.05, 0.1) is 17.6 Å². The molecule has 0 aromatic carbocycles. The summed E-state index contributed by atoms with van der Waals surface area (Å²) in [7, 11) is 0. The summed E-state index contributed by atoms with van der Waals surface area (Å²) in [5.74, 6) is -1.83. The van der Waals surface area contributed by atoms with Crippen molar-refractivity contribution in [3.63, 3.8) is 0 Å². The molecule has 1 aliphatic rings. The van der Waals surface area contributed by atoms with Crippen molar-refractivity contribution >= 4 is 23.6 Å². The van der Waals surface area contributed by atoms with E-state index in [0.717, 1.165) is 11.1 Å². The highest BCUT2D eigenvalue weighted by Gasteiger charge is 2.35. The van der Waals surface area contributed by atoms with Crippen LogP contribution in [-0.4, -0.2) is 44.5 Å². The Morgan fingerprint density at radius 2 is 2.35 bits per heavy atom. The molecule has 1 saturated heterocycles. The summed E-state index contributed by atoms with van der Waals surface area (Å²) < 4.78 is 13.4. The van der Waals surface area contributed by atoms with Gasteiger partial charge in [-0.05, 0) is 6.07 Å². The molecule has 0 saturated carbocycles. The zero-order chi connectivity index (χ0) is 12.4. The molecule has 0 spiro atoms. The van der Waals surface area contributed by atoms with Crippen LogP contribution < -0.4 is 0 Å². The van der Waals surface area contributed by atoms with Gasteiger partial charge in [-0.1, -0.05) is 0 Å². The monoisotopic (exact) mass is 256 g/mol. The maximum absolute atomic E-state index is 13.4. The van der Waals surface area contributed by atoms with E-state index in [1.807, 2.05) is 0 Å². The summed E-state index contributed by atoms with van der Waals surface area (Å²) in [6.07, 6.45) is 2.24. The van der Waals surface area contributed by atoms with Gasteiger partial charge in [0.15, 0.2) is 5.82 Å². The van der Waals surface area contributed by atoms with Gasteiger partial charge in [0, 0.05) is 11.9 Å². The largest absolute Gasteiger partial charge is 0.480 e. The molecule has 1 N–H and O–H groups in total. The summed E-state index contributed by atoms with van der Waals surface area (Å²) in [6, 6.07) is 0.361. The standard InChI is InChI=1S/C10H9FN2O3S/c11-7-3-12-2-1-6(7)9(14)13-5-17-4-8(13)10(15)16/h1-3,8H,4-5H2,(H,15,16). The normalized spacial score (nSPS) is 19.4. The second-order valence-electron chi connectivity index (χ2n) is 3.48. The number of rotatable bonds is 2. The average molecular weight is 256 g/mol. The lowest BCUT2D eigenvalue weighted by Crippen LogP contribution is -2.42. The first kappa shape index (κ1) is 11.8. The summed E-state index contributed by atoms with van der Waals surface area (Å²) in [5, 5.41) is 8.94. The Kier molecular flexibility index (Phi) is 3.28. The molecule has 90 valence electrons. The van der Waals surface area contributed by atoms with Gasteiger partial charge in [0.25, 0.3) is 5.91 Å². The quantitative estimate of drug-likeness (QED) is 0.848. The highest BCUT2D eigenvalue weighted by Crippen LogP contribution is 2.23. The van der Waals surface area contributed by atoms with Crippen molar-refractivity contribution in [2.24, 2.45) is 0 Å². The van der Waals surface area contributed by atoms with E-state index >= 15 is 0 Å². The van der Waals surface area contributed by atoms with Crippen LogP contribution in [0.5, 0.6) is 0 Å². The Bertz CT molecular complexity index is 469. The molecular weight excluding hydrogens is 247 g/mol. The lowest BCUT2D eigenvalue weighted by Gasteiger charge is -2.20. The topological polar surface area (TPSA) is 70.5 Å². The fraction of sp³-hybridized carbons (Fsp3) is 0.300. The molecule has 1 fully saturated rings. The zero-order valence-corrected chi connectivity index (χ0v) is 9.48. The Balaban J connectivity index is 2.26. The van der Waals surface area contributed by atoms with Gasteiger partial charge in [0.2, 0.25) is 0 Å². The van der Waals surface area contributed by atoms with Crippen molar-refractivity contribution in [1.29, 1.82) is 0 Å². The van der Waals surface area contributed by atoms with Crippen LogP contribution in [0.4, 0.5) is 4.39 Å². The number of hydrogen-bond donors (Lipinski definition) is 1. The van der Waals surface area contributed by atoms with Crippen molar-refractivity contribution in [3.05, 3.63) is 29.8 Å². The van der Waals surface area contributed by atoms with Crippen molar-refractivity contribution < 1.29 is 19.1 Å². The summed E-state index contributed by atoms with van der Waals surface area (Å²) in [6.45, 7) is 0. The molecule has 1 aromatic heterocycles. The Labute approximate surface area is 101 Å². The van der Waals surface area contributed by atoms with Crippen LogP contribution in [0.3, 0.4) is 0 Å². The second kappa shape index (κ2) is 4.70. The molecule has 1 aliphatic heterocycles. The first-order valence-corrected chi connectivity index (χ1v) is 5.97. The fourth-order valence-electron chi connectivity index (χ4n) is 1.55. The lowest BCUT2D eigenvalue weighted by molar-refractivity contribution is -0.140. The van der Waals surface area contributed by atoms with Crippen LogP contribution in [0.25, 0.3) is 0 Å². The third-order valence-electron chi connectivity index (χ3n) is 2.43. The number of nitrogens with zero attached hydrogens (tertiary/aromatic N) is 2. The third kappa shape index (κ3) is 2.23. The van der Waals surface area contributed by atoms with Crippen LogP contribution >= 0.6 is 11.8 Å². The van der Waals surface area contributed by atoms with Gasteiger partial charge < -0.3 is 10.0 Å². The van der Waals surface area contributed by atoms with Gasteiger partial charge in [-0.15, -0.1) is 11.8 Å². The Hall–Kier alpha value is -1.63. The summed E-state index contributed by atoms with van der Waals surface area (Å²) >= 11 is 1.33. The van der Waals surface area contributed by atoms with E-state index in [2.05, 4.69) is 4.98 Å². The van der Waals surface area contributed by atoms with E-state index in [-0.39, 0.29) is 11.4 Å². The molecule has 1 unspecified atom stereocenters. The molecule has 1 amide bonds. The third-order valence-corrected chi connectivity index (χ3v) is 3.44. The number of halogens is 1. The number of pyridine rings is 1. The van der Waals surface area contributed by atoms with Crippen LogP contribution in [0.15, 0.2) is 18.5 Å².